The van der Waals surface area contributed by atoms with Gasteiger partial charge in [0, 0.05) is 62.4 Å². The first-order chi connectivity index (χ1) is 29.1. The zero-order valence-corrected chi connectivity index (χ0v) is 33.7. The number of amides is 8. The highest BCUT2D eigenvalue weighted by molar-refractivity contribution is 6.13. The molecule has 2 aromatic rings. The number of nitrogens with one attached hydrogen (secondary N) is 5. The highest BCUT2D eigenvalue weighted by Gasteiger charge is 2.29. The van der Waals surface area contributed by atoms with E-state index in [2.05, 4.69) is 26.6 Å². The standard InChI is InChI=1S/C39H50N8O14/c1-25(2)35(45-32(49)16-20-58-22-23-59-21-18-41-31(48)15-19-46-33(50)13-14-34(46)51)37(53)44-30(4-3-17-42-38(40)54)36(52)43-27-7-5-26(6-8-27)24-60-39(55)61-29-11-9-28(10-12-29)47(56)57/h5-14,25,30,35H,3-4,15-24H2,1-2H3,(H,41,48)(H,43,52)(H,44,53)(H,45,49)(H3,40,42,54)/t30-,35-/m0/s1. The number of urea groups is 1. The summed E-state index contributed by atoms with van der Waals surface area (Å²) >= 11 is 0. The highest BCUT2D eigenvalue weighted by Crippen LogP contribution is 2.18. The lowest BCUT2D eigenvalue weighted by molar-refractivity contribution is -0.384. The zero-order chi connectivity index (χ0) is 44.7. The van der Waals surface area contributed by atoms with Crippen LogP contribution in [0.4, 0.5) is 21.0 Å². The molecule has 22 nitrogen and oxygen atoms in total. The number of nitro benzene ring substituents is 1. The van der Waals surface area contributed by atoms with E-state index < -0.39 is 58.7 Å². The van der Waals surface area contributed by atoms with E-state index in [0.29, 0.717) is 11.3 Å². The average Bonchev–Trinajstić information content (AvgIpc) is 3.54. The second-order valence-corrected chi connectivity index (χ2v) is 13.6. The van der Waals surface area contributed by atoms with Crippen LogP contribution in [0.2, 0.25) is 0 Å². The molecule has 0 aliphatic carbocycles. The molecule has 22 heteroatoms. The van der Waals surface area contributed by atoms with Gasteiger partial charge in [-0.15, -0.1) is 0 Å². The number of hydrogen-bond donors (Lipinski definition) is 6. The van der Waals surface area contributed by atoms with Gasteiger partial charge in [0.15, 0.2) is 0 Å². The van der Waals surface area contributed by atoms with Crippen LogP contribution in [0, 0.1) is 16.0 Å². The quantitative estimate of drug-likeness (QED) is 0.0193. The smallest absolute Gasteiger partial charge is 0.429 e. The predicted octanol–water partition coefficient (Wildman–Crippen LogP) is 1.18. The van der Waals surface area contributed by atoms with Crippen molar-refractivity contribution in [3.63, 3.8) is 0 Å². The fourth-order valence-electron chi connectivity index (χ4n) is 5.35. The summed E-state index contributed by atoms with van der Waals surface area (Å²) in [5.74, 6) is -3.25. The molecule has 61 heavy (non-hydrogen) atoms. The van der Waals surface area contributed by atoms with Gasteiger partial charge in [-0.05, 0) is 48.6 Å². The molecular formula is C39H50N8O14. The second-order valence-electron chi connectivity index (χ2n) is 13.6. The number of ether oxygens (including phenoxy) is 4. The van der Waals surface area contributed by atoms with Crippen molar-refractivity contribution < 1.29 is 62.2 Å². The summed E-state index contributed by atoms with van der Waals surface area (Å²) in [6.45, 7) is 4.11. The van der Waals surface area contributed by atoms with E-state index >= 15 is 0 Å². The topological polar surface area (TPSA) is 306 Å². The van der Waals surface area contributed by atoms with Gasteiger partial charge in [0.05, 0.1) is 31.4 Å². The Balaban J connectivity index is 1.40. The molecule has 0 fully saturated rings. The average molecular weight is 855 g/mol. The molecule has 0 radical (unpaired) electrons. The lowest BCUT2D eigenvalue weighted by Gasteiger charge is -2.25. The molecule has 0 saturated carbocycles. The molecule has 1 heterocycles. The number of nitrogens with two attached hydrogens (primary N) is 1. The van der Waals surface area contributed by atoms with Gasteiger partial charge in [-0.3, -0.25) is 43.8 Å². The van der Waals surface area contributed by atoms with Crippen LogP contribution in [0.15, 0.2) is 60.7 Å². The summed E-state index contributed by atoms with van der Waals surface area (Å²) in [6.07, 6.45) is 1.52. The van der Waals surface area contributed by atoms with Crippen LogP contribution in [-0.4, -0.2) is 116 Å². The molecule has 8 amide bonds. The SMILES string of the molecule is CC(C)[C@H](NC(=O)CCOCCOCCNC(=O)CCN1C(=O)C=CC1=O)C(=O)N[C@@H](CCCNC(N)=O)C(=O)Nc1ccc(COC(=O)Oc2ccc([N+](=O)[O-])cc2)cc1. The number of non-ortho nitro benzene ring substituents is 1. The number of carbonyl (C=O) groups excluding carboxylic acids is 8. The minimum Gasteiger partial charge on any atom is -0.429 e. The number of rotatable bonds is 26. The maximum absolute atomic E-state index is 13.4. The van der Waals surface area contributed by atoms with Crippen LogP contribution in [0.1, 0.15) is 45.1 Å². The summed E-state index contributed by atoms with van der Waals surface area (Å²) in [7, 11) is 0. The first kappa shape index (κ1) is 48.4. The minimum absolute atomic E-state index is 0.0193. The third kappa shape index (κ3) is 18.3. The van der Waals surface area contributed by atoms with Crippen molar-refractivity contribution in [1.82, 2.24) is 26.2 Å². The van der Waals surface area contributed by atoms with Crippen molar-refractivity contribution >= 4 is 59.0 Å². The van der Waals surface area contributed by atoms with Crippen molar-refractivity contribution in [2.75, 3.05) is 51.4 Å². The Morgan fingerprint density at radius 3 is 2.07 bits per heavy atom. The lowest BCUT2D eigenvalue weighted by Crippen LogP contribution is -2.54. The lowest BCUT2D eigenvalue weighted by atomic mass is 10.0. The Hall–Kier alpha value is -6.94. The molecule has 3 rings (SSSR count). The summed E-state index contributed by atoms with van der Waals surface area (Å²) < 4.78 is 21.0. The van der Waals surface area contributed by atoms with Crippen molar-refractivity contribution in [1.29, 1.82) is 0 Å². The molecule has 2 aromatic carbocycles. The van der Waals surface area contributed by atoms with Crippen molar-refractivity contribution in [3.8, 4) is 5.75 Å². The van der Waals surface area contributed by atoms with Crippen LogP contribution >= 0.6 is 0 Å². The number of hydrogen-bond acceptors (Lipinski definition) is 14. The zero-order valence-electron chi connectivity index (χ0n) is 33.7. The molecule has 2 atom stereocenters. The van der Waals surface area contributed by atoms with Crippen molar-refractivity contribution in [2.24, 2.45) is 11.7 Å². The number of nitrogens with zero attached hydrogens (tertiary/aromatic N) is 2. The molecule has 0 bridgehead atoms. The van der Waals surface area contributed by atoms with Gasteiger partial charge in [-0.1, -0.05) is 26.0 Å². The number of imide groups is 1. The molecule has 1 aliphatic rings. The Labute approximate surface area is 350 Å². The predicted molar refractivity (Wildman–Crippen MR) is 214 cm³/mol. The van der Waals surface area contributed by atoms with E-state index in [9.17, 15) is 48.5 Å². The van der Waals surface area contributed by atoms with Gasteiger partial charge < -0.3 is 51.3 Å². The number of primary amides is 1. The molecule has 0 spiro atoms. The van der Waals surface area contributed by atoms with Gasteiger partial charge >= 0.3 is 12.2 Å². The van der Waals surface area contributed by atoms with E-state index in [1.165, 1.54) is 24.3 Å². The fourth-order valence-corrected chi connectivity index (χ4v) is 5.35. The van der Waals surface area contributed by atoms with Gasteiger partial charge in [-0.2, -0.15) is 0 Å². The van der Waals surface area contributed by atoms with E-state index in [1.54, 1.807) is 38.1 Å². The molecular weight excluding hydrogens is 804 g/mol. The first-order valence-electron chi connectivity index (χ1n) is 19.2. The maximum Gasteiger partial charge on any atom is 0.514 e. The monoisotopic (exact) mass is 854 g/mol. The van der Waals surface area contributed by atoms with Crippen LogP contribution < -0.4 is 37.1 Å². The minimum atomic E-state index is -1.09. The van der Waals surface area contributed by atoms with E-state index in [1.807, 2.05) is 0 Å². The molecule has 7 N–H and O–H groups in total. The van der Waals surface area contributed by atoms with Gasteiger partial charge in [-0.25, -0.2) is 9.59 Å². The van der Waals surface area contributed by atoms with Crippen LogP contribution in [0.5, 0.6) is 5.75 Å². The van der Waals surface area contributed by atoms with Crippen LogP contribution in [-0.2, 0) is 49.6 Å². The fraction of sp³-hybridized carbons (Fsp3) is 0.436. The molecule has 1 aliphatic heterocycles. The summed E-state index contributed by atoms with van der Waals surface area (Å²) in [5.41, 5.74) is 5.87. The van der Waals surface area contributed by atoms with E-state index in [0.717, 1.165) is 17.1 Å². The van der Waals surface area contributed by atoms with Crippen LogP contribution in [0.3, 0.4) is 0 Å². The Morgan fingerprint density at radius 2 is 1.44 bits per heavy atom. The highest BCUT2D eigenvalue weighted by atomic mass is 16.7. The first-order valence-corrected chi connectivity index (χ1v) is 19.2. The van der Waals surface area contributed by atoms with E-state index in [4.69, 9.17) is 24.7 Å². The normalized spacial score (nSPS) is 12.9. The third-order valence-corrected chi connectivity index (χ3v) is 8.57. The van der Waals surface area contributed by atoms with Crippen molar-refractivity contribution in [3.05, 3.63) is 76.4 Å². The molecule has 330 valence electrons. The molecule has 0 aromatic heterocycles. The molecule has 0 unspecified atom stereocenters. The Bertz CT molecular complexity index is 1870. The Kier molecular flexibility index (Phi) is 20.3. The van der Waals surface area contributed by atoms with Crippen LogP contribution in [0.25, 0.3) is 0 Å². The van der Waals surface area contributed by atoms with Gasteiger partial charge in [0.25, 0.3) is 17.5 Å². The molecule has 0 saturated heterocycles. The van der Waals surface area contributed by atoms with Gasteiger partial charge in [0.1, 0.15) is 24.4 Å². The summed E-state index contributed by atoms with van der Waals surface area (Å²) in [6, 6.07) is 8.27. The Morgan fingerprint density at radius 1 is 0.787 bits per heavy atom. The number of nitro groups is 1. The third-order valence-electron chi connectivity index (χ3n) is 8.57. The second kappa shape index (κ2) is 25.5. The number of carbonyl (C=O) groups is 8. The number of benzene rings is 2. The summed E-state index contributed by atoms with van der Waals surface area (Å²) in [5, 5.41) is 23.9. The maximum atomic E-state index is 13.4. The van der Waals surface area contributed by atoms with Gasteiger partial charge in [0.2, 0.25) is 23.6 Å². The number of anilines is 1. The largest absolute Gasteiger partial charge is 0.514 e. The van der Waals surface area contributed by atoms with Crippen molar-refractivity contribution in [2.45, 2.75) is 58.2 Å². The van der Waals surface area contributed by atoms with E-state index in [-0.39, 0.29) is 102 Å². The summed E-state index contributed by atoms with van der Waals surface area (Å²) in [4.78, 5) is 109.